The van der Waals surface area contributed by atoms with E-state index in [0.717, 1.165) is 12.2 Å². The molecule has 2 rings (SSSR count). The lowest BCUT2D eigenvalue weighted by Crippen LogP contribution is -2.31. The van der Waals surface area contributed by atoms with Crippen LogP contribution in [0.5, 0.6) is 0 Å². The Morgan fingerprint density at radius 2 is 1.95 bits per heavy atom. The summed E-state index contributed by atoms with van der Waals surface area (Å²) in [6.07, 6.45) is 0. The Hall–Kier alpha value is -2.24. The predicted molar refractivity (Wildman–Crippen MR) is 82.2 cm³/mol. The van der Waals surface area contributed by atoms with Crippen LogP contribution in [-0.4, -0.2) is 22.8 Å². The van der Waals surface area contributed by atoms with Crippen LogP contribution in [0.15, 0.2) is 42.5 Å². The SMILES string of the molecule is Cc1ccccc1CN(C)Cc1cccc(C(=O)NN)n1. The smallest absolute Gasteiger partial charge is 0.283 e. The van der Waals surface area contributed by atoms with Crippen molar-refractivity contribution in [3.8, 4) is 0 Å². The zero-order chi connectivity index (χ0) is 15.2. The van der Waals surface area contributed by atoms with E-state index in [-0.39, 0.29) is 5.91 Å². The number of nitrogens with two attached hydrogens (primary N) is 1. The van der Waals surface area contributed by atoms with Crippen LogP contribution in [0.25, 0.3) is 0 Å². The molecule has 1 amide bonds. The second kappa shape index (κ2) is 6.97. The van der Waals surface area contributed by atoms with Crippen molar-refractivity contribution in [1.29, 1.82) is 0 Å². The molecule has 0 aliphatic carbocycles. The van der Waals surface area contributed by atoms with E-state index >= 15 is 0 Å². The van der Waals surface area contributed by atoms with Gasteiger partial charge in [0.05, 0.1) is 5.69 Å². The van der Waals surface area contributed by atoms with Gasteiger partial charge in [-0.3, -0.25) is 15.1 Å². The van der Waals surface area contributed by atoms with Crippen molar-refractivity contribution in [2.24, 2.45) is 5.84 Å². The van der Waals surface area contributed by atoms with Crippen molar-refractivity contribution in [3.05, 3.63) is 65.0 Å². The Morgan fingerprint density at radius 1 is 1.19 bits per heavy atom. The van der Waals surface area contributed by atoms with Crippen LogP contribution in [-0.2, 0) is 13.1 Å². The summed E-state index contributed by atoms with van der Waals surface area (Å²) in [5, 5.41) is 0. The van der Waals surface area contributed by atoms with E-state index in [2.05, 4.69) is 34.4 Å². The zero-order valence-corrected chi connectivity index (χ0v) is 12.3. The molecule has 0 bridgehead atoms. The lowest BCUT2D eigenvalue weighted by Gasteiger charge is -2.17. The van der Waals surface area contributed by atoms with Gasteiger partial charge in [0.25, 0.3) is 5.91 Å². The minimum absolute atomic E-state index is 0.333. The highest BCUT2D eigenvalue weighted by molar-refractivity contribution is 5.91. The Kier molecular flexibility index (Phi) is 5.03. The topological polar surface area (TPSA) is 71.2 Å². The Balaban J connectivity index is 2.04. The van der Waals surface area contributed by atoms with E-state index in [1.807, 2.05) is 31.3 Å². The molecule has 3 N–H and O–H groups in total. The second-order valence-corrected chi connectivity index (χ2v) is 5.09. The van der Waals surface area contributed by atoms with Crippen molar-refractivity contribution in [3.63, 3.8) is 0 Å². The third kappa shape index (κ3) is 4.11. The molecule has 0 aliphatic rings. The molecule has 5 heteroatoms. The first-order chi connectivity index (χ1) is 10.1. The van der Waals surface area contributed by atoms with E-state index in [1.165, 1.54) is 11.1 Å². The minimum Gasteiger partial charge on any atom is -0.296 e. The molecule has 1 heterocycles. The summed E-state index contributed by atoms with van der Waals surface area (Å²) in [6, 6.07) is 13.7. The summed E-state index contributed by atoms with van der Waals surface area (Å²) in [7, 11) is 2.03. The Morgan fingerprint density at radius 3 is 2.67 bits per heavy atom. The van der Waals surface area contributed by atoms with Gasteiger partial charge in [0.2, 0.25) is 0 Å². The van der Waals surface area contributed by atoms with Crippen LogP contribution >= 0.6 is 0 Å². The molecule has 21 heavy (non-hydrogen) atoms. The summed E-state index contributed by atoms with van der Waals surface area (Å²) in [4.78, 5) is 18.0. The number of carbonyl (C=O) groups is 1. The number of benzene rings is 1. The second-order valence-electron chi connectivity index (χ2n) is 5.09. The molecule has 0 saturated heterocycles. The van der Waals surface area contributed by atoms with Gasteiger partial charge in [-0.2, -0.15) is 0 Å². The fourth-order valence-electron chi connectivity index (χ4n) is 2.18. The molecule has 0 unspecified atom stereocenters. The number of pyridine rings is 1. The van der Waals surface area contributed by atoms with E-state index in [9.17, 15) is 4.79 Å². The molecular weight excluding hydrogens is 264 g/mol. The minimum atomic E-state index is -0.376. The molecular formula is C16H20N4O. The number of amides is 1. The molecule has 0 spiro atoms. The molecule has 2 aromatic rings. The summed E-state index contributed by atoms with van der Waals surface area (Å²) in [5.74, 6) is 4.75. The van der Waals surface area contributed by atoms with Gasteiger partial charge >= 0.3 is 0 Å². The van der Waals surface area contributed by atoms with Crippen LogP contribution in [0, 0.1) is 6.92 Å². The van der Waals surface area contributed by atoms with E-state index in [1.54, 1.807) is 6.07 Å². The average molecular weight is 284 g/mol. The lowest BCUT2D eigenvalue weighted by atomic mass is 10.1. The number of rotatable bonds is 5. The number of carbonyl (C=O) groups excluding carboxylic acids is 1. The number of nitrogens with zero attached hydrogens (tertiary/aromatic N) is 2. The quantitative estimate of drug-likeness (QED) is 0.497. The monoisotopic (exact) mass is 284 g/mol. The fourth-order valence-corrected chi connectivity index (χ4v) is 2.18. The third-order valence-corrected chi connectivity index (χ3v) is 3.30. The van der Waals surface area contributed by atoms with E-state index < -0.39 is 0 Å². The van der Waals surface area contributed by atoms with Crippen LogP contribution in [0.2, 0.25) is 0 Å². The fraction of sp³-hybridized carbons (Fsp3) is 0.250. The van der Waals surface area contributed by atoms with Crippen LogP contribution < -0.4 is 11.3 Å². The normalized spacial score (nSPS) is 10.7. The van der Waals surface area contributed by atoms with Crippen molar-refractivity contribution >= 4 is 5.91 Å². The number of aryl methyl sites for hydroxylation is 1. The molecule has 0 saturated carbocycles. The van der Waals surface area contributed by atoms with E-state index in [4.69, 9.17) is 5.84 Å². The van der Waals surface area contributed by atoms with Crippen molar-refractivity contribution in [2.45, 2.75) is 20.0 Å². The number of nitrogens with one attached hydrogen (secondary N) is 1. The predicted octanol–water partition coefficient (Wildman–Crippen LogP) is 1.63. The van der Waals surface area contributed by atoms with Gasteiger partial charge in [0.1, 0.15) is 5.69 Å². The van der Waals surface area contributed by atoms with Crippen molar-refractivity contribution in [1.82, 2.24) is 15.3 Å². The molecule has 110 valence electrons. The number of hydrogen-bond donors (Lipinski definition) is 2. The van der Waals surface area contributed by atoms with Crippen LogP contribution in [0.4, 0.5) is 0 Å². The number of aromatic nitrogens is 1. The largest absolute Gasteiger partial charge is 0.296 e. The van der Waals surface area contributed by atoms with E-state index in [0.29, 0.717) is 12.2 Å². The molecule has 1 aromatic carbocycles. The highest BCUT2D eigenvalue weighted by Crippen LogP contribution is 2.11. The highest BCUT2D eigenvalue weighted by Gasteiger charge is 2.08. The highest BCUT2D eigenvalue weighted by atomic mass is 16.2. The maximum absolute atomic E-state index is 11.5. The number of hydrazine groups is 1. The summed E-state index contributed by atoms with van der Waals surface area (Å²) < 4.78 is 0. The maximum atomic E-state index is 11.5. The summed E-state index contributed by atoms with van der Waals surface area (Å²) >= 11 is 0. The molecule has 0 aliphatic heterocycles. The van der Waals surface area contributed by atoms with Crippen molar-refractivity contribution < 1.29 is 4.79 Å². The van der Waals surface area contributed by atoms with Gasteiger partial charge in [-0.1, -0.05) is 30.3 Å². The van der Waals surface area contributed by atoms with Gasteiger partial charge in [-0.05, 0) is 37.2 Å². The lowest BCUT2D eigenvalue weighted by molar-refractivity contribution is 0.0948. The standard InChI is InChI=1S/C16H20N4O/c1-12-6-3-4-7-13(12)10-20(2)11-14-8-5-9-15(18-14)16(21)19-17/h3-9H,10-11,17H2,1-2H3,(H,19,21). The van der Waals surface area contributed by atoms with Gasteiger partial charge in [0, 0.05) is 13.1 Å². The number of nitrogen functional groups attached to an aromatic ring is 1. The summed E-state index contributed by atoms with van der Waals surface area (Å²) in [5.41, 5.74) is 5.83. The number of hydrogen-bond acceptors (Lipinski definition) is 4. The third-order valence-electron chi connectivity index (χ3n) is 3.30. The first-order valence-corrected chi connectivity index (χ1v) is 6.80. The van der Waals surface area contributed by atoms with Crippen LogP contribution in [0.1, 0.15) is 27.3 Å². The molecule has 0 atom stereocenters. The van der Waals surface area contributed by atoms with Gasteiger partial charge < -0.3 is 0 Å². The molecule has 1 aromatic heterocycles. The van der Waals surface area contributed by atoms with Gasteiger partial charge in [-0.25, -0.2) is 10.8 Å². The van der Waals surface area contributed by atoms with Crippen LogP contribution in [0.3, 0.4) is 0 Å². The van der Waals surface area contributed by atoms with Gasteiger partial charge in [0.15, 0.2) is 0 Å². The average Bonchev–Trinajstić information content (AvgIpc) is 2.49. The molecule has 0 fully saturated rings. The van der Waals surface area contributed by atoms with Crippen molar-refractivity contribution in [2.75, 3.05) is 7.05 Å². The summed E-state index contributed by atoms with van der Waals surface area (Å²) in [6.45, 7) is 3.61. The maximum Gasteiger partial charge on any atom is 0.283 e. The first-order valence-electron chi connectivity index (χ1n) is 6.80. The molecule has 0 radical (unpaired) electrons. The Labute approximate surface area is 124 Å². The van der Waals surface area contributed by atoms with Gasteiger partial charge in [-0.15, -0.1) is 0 Å². The zero-order valence-electron chi connectivity index (χ0n) is 12.3. The first kappa shape index (κ1) is 15.2. The Bertz CT molecular complexity index is 627. The molecule has 5 nitrogen and oxygen atoms in total.